The Hall–Kier alpha value is -4.34. The minimum absolute atomic E-state index is 0.0434. The highest BCUT2D eigenvalue weighted by Gasteiger charge is 2.45. The average molecular weight is 629 g/mol. The Morgan fingerprint density at radius 2 is 1.85 bits per heavy atom. The minimum Gasteiger partial charge on any atom is -0.496 e. The molecule has 3 N–H and O–H groups in total. The van der Waals surface area contributed by atoms with Crippen molar-refractivity contribution < 1.29 is 28.6 Å². The second kappa shape index (κ2) is 13.2. The molecular weight excluding hydrogens is 584 g/mol. The van der Waals surface area contributed by atoms with Gasteiger partial charge in [-0.05, 0) is 55.1 Å². The van der Waals surface area contributed by atoms with Crippen molar-refractivity contribution in [1.82, 2.24) is 15.2 Å². The molecule has 1 aliphatic carbocycles. The van der Waals surface area contributed by atoms with Crippen molar-refractivity contribution in [3.8, 4) is 22.8 Å². The van der Waals surface area contributed by atoms with Gasteiger partial charge in [-0.2, -0.15) is 0 Å². The molecule has 1 aromatic heterocycles. The molecule has 10 nitrogen and oxygen atoms in total. The summed E-state index contributed by atoms with van der Waals surface area (Å²) in [4.78, 5) is 46.5. The van der Waals surface area contributed by atoms with E-state index in [1.807, 2.05) is 42.5 Å². The number of amides is 3. The standard InChI is InChI=1S/C36H44N4O6/c1-36(2)15-9-14-24-16-26-28(19-30(24)44-3)38-27(22-10-5-4-6-11-22)18-31(26)46-25-17-29(33(37)41)40(20-25)34(42)32(23-12-7-8-13-23)39-35(43)45-21-36/h4-6,10-11,16,18-19,23,25,29,32H,7-9,12-15,17,20-21H2,1-3H3,(H2,37,41)(H,39,43)/t25-,29+,32+/m1/s1. The Bertz CT molecular complexity index is 1600. The van der Waals surface area contributed by atoms with E-state index in [0.717, 1.165) is 78.4 Å². The van der Waals surface area contributed by atoms with Crippen LogP contribution >= 0.6 is 0 Å². The lowest BCUT2D eigenvalue weighted by Gasteiger charge is -2.31. The fourth-order valence-electron chi connectivity index (χ4n) is 7.19. The van der Waals surface area contributed by atoms with Crippen molar-refractivity contribution in [3.05, 3.63) is 54.1 Å². The first-order valence-corrected chi connectivity index (χ1v) is 16.4. The first kappa shape index (κ1) is 31.6. The molecule has 3 aliphatic rings. The van der Waals surface area contributed by atoms with Crippen LogP contribution in [0.25, 0.3) is 22.2 Å². The van der Waals surface area contributed by atoms with E-state index >= 15 is 0 Å². The van der Waals surface area contributed by atoms with Gasteiger partial charge >= 0.3 is 6.09 Å². The molecule has 4 bridgehead atoms. The molecule has 2 fully saturated rings. The molecule has 6 rings (SSSR count). The van der Waals surface area contributed by atoms with E-state index in [0.29, 0.717) is 5.75 Å². The van der Waals surface area contributed by atoms with Gasteiger partial charge in [0, 0.05) is 29.5 Å². The second-order valence-electron chi connectivity index (χ2n) is 13.7. The number of nitrogens with zero attached hydrogens (tertiary/aromatic N) is 2. The van der Waals surface area contributed by atoms with Crippen LogP contribution in [0.2, 0.25) is 0 Å². The van der Waals surface area contributed by atoms with Gasteiger partial charge in [0.15, 0.2) is 0 Å². The van der Waals surface area contributed by atoms with E-state index in [2.05, 4.69) is 25.2 Å². The number of nitrogens with two attached hydrogens (primary N) is 1. The lowest BCUT2D eigenvalue weighted by atomic mass is 9.87. The predicted molar refractivity (Wildman–Crippen MR) is 174 cm³/mol. The smallest absolute Gasteiger partial charge is 0.407 e. The number of ether oxygens (including phenoxy) is 3. The Morgan fingerprint density at radius 3 is 2.57 bits per heavy atom. The number of hydrogen-bond acceptors (Lipinski definition) is 7. The highest BCUT2D eigenvalue weighted by Crippen LogP contribution is 2.38. The molecule has 10 heteroatoms. The maximum Gasteiger partial charge on any atom is 0.407 e. The number of primary amides is 1. The normalized spacial score (nSPS) is 24.2. The van der Waals surface area contributed by atoms with E-state index in [-0.39, 0.29) is 36.8 Å². The molecule has 3 atom stereocenters. The van der Waals surface area contributed by atoms with Crippen molar-refractivity contribution in [3.63, 3.8) is 0 Å². The highest BCUT2D eigenvalue weighted by atomic mass is 16.5. The summed E-state index contributed by atoms with van der Waals surface area (Å²) in [6, 6.07) is 14.2. The highest BCUT2D eigenvalue weighted by molar-refractivity contribution is 5.92. The summed E-state index contributed by atoms with van der Waals surface area (Å²) in [6.07, 6.45) is 5.09. The van der Waals surface area contributed by atoms with Gasteiger partial charge in [-0.1, -0.05) is 57.0 Å². The lowest BCUT2D eigenvalue weighted by molar-refractivity contribution is -0.140. The molecule has 3 amide bonds. The van der Waals surface area contributed by atoms with Crippen molar-refractivity contribution >= 4 is 28.8 Å². The third kappa shape index (κ3) is 6.76. The van der Waals surface area contributed by atoms with Crippen LogP contribution in [0, 0.1) is 11.3 Å². The van der Waals surface area contributed by atoms with Crippen LogP contribution in [0.5, 0.6) is 11.5 Å². The number of benzene rings is 2. The number of pyridine rings is 1. The number of fused-ring (bicyclic) bond motifs is 3. The van der Waals surface area contributed by atoms with E-state index in [1.54, 1.807) is 7.11 Å². The first-order valence-electron chi connectivity index (χ1n) is 16.4. The van der Waals surface area contributed by atoms with Crippen molar-refractivity contribution in [1.29, 1.82) is 0 Å². The van der Waals surface area contributed by atoms with Crippen LogP contribution in [-0.2, 0) is 20.7 Å². The number of carbonyl (C=O) groups is 3. The Kier molecular flexibility index (Phi) is 9.06. The quantitative estimate of drug-likeness (QED) is 0.396. The maximum atomic E-state index is 14.2. The maximum absolute atomic E-state index is 14.2. The van der Waals surface area contributed by atoms with E-state index in [9.17, 15) is 14.4 Å². The van der Waals surface area contributed by atoms with Crippen molar-refractivity contribution in [2.75, 3.05) is 20.3 Å². The van der Waals surface area contributed by atoms with Crippen LogP contribution in [0.15, 0.2) is 48.5 Å². The topological polar surface area (TPSA) is 133 Å². The van der Waals surface area contributed by atoms with Gasteiger partial charge in [0.2, 0.25) is 11.8 Å². The fourth-order valence-corrected chi connectivity index (χ4v) is 7.19. The van der Waals surface area contributed by atoms with Crippen LogP contribution < -0.4 is 20.5 Å². The molecule has 2 aromatic carbocycles. The van der Waals surface area contributed by atoms with Crippen molar-refractivity contribution in [2.24, 2.45) is 17.1 Å². The van der Waals surface area contributed by atoms with Crippen molar-refractivity contribution in [2.45, 2.75) is 83.4 Å². The fraction of sp³-hybridized carbons (Fsp3) is 0.500. The lowest BCUT2D eigenvalue weighted by Crippen LogP contribution is -2.55. The van der Waals surface area contributed by atoms with Gasteiger partial charge < -0.3 is 30.2 Å². The molecule has 0 radical (unpaired) electrons. The monoisotopic (exact) mass is 628 g/mol. The average Bonchev–Trinajstić information content (AvgIpc) is 3.73. The molecule has 0 spiro atoms. The summed E-state index contributed by atoms with van der Waals surface area (Å²) >= 11 is 0. The molecule has 1 saturated heterocycles. The minimum atomic E-state index is -0.863. The number of hydrogen-bond donors (Lipinski definition) is 2. The Balaban J connectivity index is 1.43. The molecular formula is C36H44N4O6. The second-order valence-corrected chi connectivity index (χ2v) is 13.7. The number of aromatic nitrogens is 1. The Morgan fingerprint density at radius 1 is 1.09 bits per heavy atom. The van der Waals surface area contributed by atoms with Gasteiger partial charge in [-0.25, -0.2) is 9.78 Å². The van der Waals surface area contributed by atoms with E-state index in [1.165, 1.54) is 4.90 Å². The number of carbonyl (C=O) groups excluding carboxylic acids is 3. The Labute approximate surface area is 270 Å². The number of rotatable bonds is 4. The van der Waals surface area contributed by atoms with Gasteiger partial charge in [-0.3, -0.25) is 9.59 Å². The van der Waals surface area contributed by atoms with Gasteiger partial charge in [0.25, 0.3) is 0 Å². The summed E-state index contributed by atoms with van der Waals surface area (Å²) in [5, 5.41) is 3.71. The van der Waals surface area contributed by atoms with Gasteiger partial charge in [-0.15, -0.1) is 0 Å². The zero-order valence-corrected chi connectivity index (χ0v) is 26.9. The molecule has 46 heavy (non-hydrogen) atoms. The molecule has 1 saturated carbocycles. The summed E-state index contributed by atoms with van der Waals surface area (Å²) in [5.41, 5.74) is 9.00. The summed E-state index contributed by atoms with van der Waals surface area (Å²) in [5.74, 6) is 0.388. The number of cyclic esters (lactones) is 1. The van der Waals surface area contributed by atoms with Crippen LogP contribution in [0.3, 0.4) is 0 Å². The SMILES string of the molecule is COc1cc2nc(-c3ccccc3)cc3c2cc1CCCC(C)(C)COC(=O)N[C@@H](C1CCCC1)C(=O)N1C[C@@H](C[C@H]1C(N)=O)O3. The predicted octanol–water partition coefficient (Wildman–Crippen LogP) is 5.39. The molecule has 3 heterocycles. The van der Waals surface area contributed by atoms with Gasteiger partial charge in [0.05, 0.1) is 31.5 Å². The number of alkyl carbamates (subject to hydrolysis) is 1. The summed E-state index contributed by atoms with van der Waals surface area (Å²) in [6.45, 7) is 4.50. The zero-order chi connectivity index (χ0) is 32.4. The summed E-state index contributed by atoms with van der Waals surface area (Å²) < 4.78 is 18.2. The number of aryl methyl sites for hydroxylation is 1. The first-order chi connectivity index (χ1) is 22.1. The van der Waals surface area contributed by atoms with Crippen LogP contribution in [0.1, 0.15) is 64.4 Å². The molecule has 2 aliphatic heterocycles. The third-order valence-electron chi connectivity index (χ3n) is 9.71. The summed E-state index contributed by atoms with van der Waals surface area (Å²) in [7, 11) is 1.66. The zero-order valence-electron chi connectivity index (χ0n) is 26.9. The number of methoxy groups -OCH3 is 1. The van der Waals surface area contributed by atoms with Gasteiger partial charge in [0.1, 0.15) is 29.7 Å². The largest absolute Gasteiger partial charge is 0.496 e. The number of nitrogens with one attached hydrogen (secondary N) is 1. The van der Waals surface area contributed by atoms with Crippen LogP contribution in [0.4, 0.5) is 4.79 Å². The van der Waals surface area contributed by atoms with E-state index in [4.69, 9.17) is 24.9 Å². The molecule has 244 valence electrons. The third-order valence-corrected chi connectivity index (χ3v) is 9.71. The van der Waals surface area contributed by atoms with Crippen LogP contribution in [-0.4, -0.2) is 66.2 Å². The molecule has 0 unspecified atom stereocenters. The van der Waals surface area contributed by atoms with E-state index < -0.39 is 30.2 Å². The molecule has 3 aromatic rings.